The van der Waals surface area contributed by atoms with Crippen LogP contribution in [0.25, 0.3) is 10.4 Å². The van der Waals surface area contributed by atoms with E-state index in [1.165, 1.54) is 11.5 Å². The molecule has 0 radical (unpaired) electrons. The monoisotopic (exact) mass is 468 g/mol. The summed E-state index contributed by atoms with van der Waals surface area (Å²) in [5.41, 5.74) is 0.538. The molecule has 1 fully saturated rings. The van der Waals surface area contributed by atoms with Crippen molar-refractivity contribution in [1.29, 1.82) is 0 Å². The Hall–Kier alpha value is -2.52. The van der Waals surface area contributed by atoms with E-state index >= 15 is 0 Å². The number of anilines is 2. The largest absolute Gasteiger partial charge is 0.417 e. The molecule has 1 N–H and O–H groups in total. The van der Waals surface area contributed by atoms with Crippen LogP contribution in [0.15, 0.2) is 47.4 Å². The average molecular weight is 469 g/mol. The number of nitrogens with zero attached hydrogens (tertiary/aromatic N) is 3. The van der Waals surface area contributed by atoms with E-state index in [0.717, 1.165) is 22.7 Å². The normalized spacial score (nSPS) is 14.7. The van der Waals surface area contributed by atoms with Crippen molar-refractivity contribution in [2.75, 3.05) is 23.3 Å². The van der Waals surface area contributed by atoms with Gasteiger partial charge in [-0.05, 0) is 25.5 Å². The van der Waals surface area contributed by atoms with Crippen molar-refractivity contribution in [2.45, 2.75) is 32.1 Å². The SMILES string of the molecule is CC(C)n1sc(-c2ccccc2)c(NC2CN(c3ncc(C(F)(F)F)cc3Cl)C2)c1=O. The predicted molar refractivity (Wildman–Crippen MR) is 118 cm³/mol. The third-order valence-corrected chi connectivity index (χ3v) is 6.70. The van der Waals surface area contributed by atoms with E-state index in [-0.39, 0.29) is 22.7 Å². The van der Waals surface area contributed by atoms with Crippen molar-refractivity contribution in [2.24, 2.45) is 0 Å². The Morgan fingerprint density at radius 3 is 2.48 bits per heavy atom. The number of aromatic nitrogens is 2. The molecular formula is C21H20ClF3N4OS. The maximum Gasteiger partial charge on any atom is 0.417 e. The van der Waals surface area contributed by atoms with Gasteiger partial charge in [-0.25, -0.2) is 4.98 Å². The highest BCUT2D eigenvalue weighted by atomic mass is 35.5. The summed E-state index contributed by atoms with van der Waals surface area (Å²) in [4.78, 5) is 19.5. The minimum Gasteiger partial charge on any atom is -0.373 e. The topological polar surface area (TPSA) is 50.2 Å². The Kier molecular flexibility index (Phi) is 5.74. The number of alkyl halides is 3. The molecule has 1 aliphatic heterocycles. The molecule has 3 aromatic rings. The minimum atomic E-state index is -4.49. The molecule has 0 aliphatic carbocycles. The van der Waals surface area contributed by atoms with Crippen molar-refractivity contribution in [3.8, 4) is 10.4 Å². The average Bonchev–Trinajstić information content (AvgIpc) is 3.01. The third kappa shape index (κ3) is 4.29. The first-order valence-electron chi connectivity index (χ1n) is 9.70. The summed E-state index contributed by atoms with van der Waals surface area (Å²) in [6, 6.07) is 10.6. The van der Waals surface area contributed by atoms with E-state index in [4.69, 9.17) is 11.6 Å². The molecular weight excluding hydrogens is 449 g/mol. The smallest absolute Gasteiger partial charge is 0.373 e. The van der Waals surface area contributed by atoms with Crippen molar-refractivity contribution < 1.29 is 13.2 Å². The molecule has 0 bridgehead atoms. The molecule has 0 atom stereocenters. The zero-order chi connectivity index (χ0) is 22.3. The van der Waals surface area contributed by atoms with Crippen LogP contribution in [-0.2, 0) is 6.18 Å². The Balaban J connectivity index is 1.53. The zero-order valence-electron chi connectivity index (χ0n) is 16.8. The van der Waals surface area contributed by atoms with Crippen LogP contribution < -0.4 is 15.8 Å². The maximum absolute atomic E-state index is 13.0. The summed E-state index contributed by atoms with van der Waals surface area (Å²) < 4.78 is 40.2. The van der Waals surface area contributed by atoms with Crippen molar-refractivity contribution in [1.82, 2.24) is 8.94 Å². The lowest BCUT2D eigenvalue weighted by Crippen LogP contribution is -2.55. The molecule has 0 spiro atoms. The van der Waals surface area contributed by atoms with Crippen LogP contribution in [0, 0.1) is 0 Å². The van der Waals surface area contributed by atoms with Gasteiger partial charge in [0.15, 0.2) is 0 Å². The summed E-state index contributed by atoms with van der Waals surface area (Å²) in [6.07, 6.45) is -3.70. The number of benzene rings is 1. The zero-order valence-corrected chi connectivity index (χ0v) is 18.4. The van der Waals surface area contributed by atoms with Gasteiger partial charge in [0.05, 0.1) is 21.5 Å². The second kappa shape index (κ2) is 8.20. The summed E-state index contributed by atoms with van der Waals surface area (Å²) in [5.74, 6) is 0.306. The van der Waals surface area contributed by atoms with E-state index in [1.807, 2.05) is 44.2 Å². The summed E-state index contributed by atoms with van der Waals surface area (Å²) >= 11 is 7.46. The molecule has 4 rings (SSSR count). The highest BCUT2D eigenvalue weighted by Crippen LogP contribution is 2.36. The van der Waals surface area contributed by atoms with Gasteiger partial charge in [0.1, 0.15) is 11.5 Å². The van der Waals surface area contributed by atoms with E-state index in [9.17, 15) is 18.0 Å². The number of hydrogen-bond acceptors (Lipinski definition) is 5. The van der Waals surface area contributed by atoms with Gasteiger partial charge in [-0.3, -0.25) is 8.75 Å². The van der Waals surface area contributed by atoms with Crippen molar-refractivity contribution >= 4 is 34.6 Å². The Labute approximate surface area is 186 Å². The standard InChI is InChI=1S/C21H20ClF3N4OS/c1-12(2)29-20(30)17(18(31-29)13-6-4-3-5-7-13)27-15-10-28(11-15)19-16(22)8-14(9-26-19)21(23,24)25/h3-9,12,15,27H,10-11H2,1-2H3. The molecule has 1 aliphatic rings. The second-order valence-electron chi connectivity index (χ2n) is 7.66. The fraction of sp³-hybridized carbons (Fsp3) is 0.333. The van der Waals surface area contributed by atoms with Crippen LogP contribution in [-0.4, -0.2) is 28.1 Å². The van der Waals surface area contributed by atoms with E-state index in [1.54, 1.807) is 8.86 Å². The summed E-state index contributed by atoms with van der Waals surface area (Å²) in [7, 11) is 0. The molecule has 0 unspecified atom stereocenters. The number of pyridine rings is 1. The molecule has 5 nitrogen and oxygen atoms in total. The lowest BCUT2D eigenvalue weighted by Gasteiger charge is -2.41. The number of hydrogen-bond donors (Lipinski definition) is 1. The first-order chi connectivity index (χ1) is 14.6. The summed E-state index contributed by atoms with van der Waals surface area (Å²) in [5, 5.41) is 3.28. The second-order valence-corrected chi connectivity index (χ2v) is 9.05. The molecule has 164 valence electrons. The minimum absolute atomic E-state index is 0.0311. The van der Waals surface area contributed by atoms with Crippen LogP contribution in [0.1, 0.15) is 25.5 Å². The molecule has 0 saturated carbocycles. The third-order valence-electron chi connectivity index (χ3n) is 5.01. The lowest BCUT2D eigenvalue weighted by atomic mass is 10.1. The van der Waals surface area contributed by atoms with E-state index < -0.39 is 11.7 Å². The molecule has 3 heterocycles. The maximum atomic E-state index is 13.0. The van der Waals surface area contributed by atoms with Gasteiger partial charge < -0.3 is 10.2 Å². The first-order valence-corrected chi connectivity index (χ1v) is 10.9. The molecule has 1 saturated heterocycles. The van der Waals surface area contributed by atoms with E-state index in [0.29, 0.717) is 24.6 Å². The molecule has 0 amide bonds. The molecule has 31 heavy (non-hydrogen) atoms. The van der Waals surface area contributed by atoms with Crippen LogP contribution >= 0.6 is 23.1 Å². The van der Waals surface area contributed by atoms with Crippen molar-refractivity contribution in [3.05, 3.63) is 63.5 Å². The summed E-state index contributed by atoms with van der Waals surface area (Å²) in [6.45, 7) is 4.87. The van der Waals surface area contributed by atoms with Gasteiger partial charge in [-0.15, -0.1) is 0 Å². The highest BCUT2D eigenvalue weighted by molar-refractivity contribution is 7.11. The van der Waals surface area contributed by atoms with Crippen molar-refractivity contribution in [3.63, 3.8) is 0 Å². The van der Waals surface area contributed by atoms with Crippen LogP contribution in [0.3, 0.4) is 0 Å². The van der Waals surface area contributed by atoms with Gasteiger partial charge in [0.25, 0.3) is 5.56 Å². The van der Waals surface area contributed by atoms with E-state index in [2.05, 4.69) is 10.3 Å². The number of nitrogens with one attached hydrogen (secondary N) is 1. The fourth-order valence-corrected chi connectivity index (χ4v) is 4.76. The van der Waals surface area contributed by atoms with Gasteiger partial charge in [-0.2, -0.15) is 13.2 Å². The molecule has 1 aromatic carbocycles. The van der Waals surface area contributed by atoms with Gasteiger partial charge in [-0.1, -0.05) is 53.5 Å². The Bertz CT molecular complexity index is 1140. The van der Waals surface area contributed by atoms with Gasteiger partial charge in [0.2, 0.25) is 0 Å². The predicted octanol–water partition coefficient (Wildman–Crippen LogP) is 5.53. The molecule has 2 aromatic heterocycles. The quantitative estimate of drug-likeness (QED) is 0.535. The highest BCUT2D eigenvalue weighted by Gasteiger charge is 2.35. The molecule has 10 heteroatoms. The van der Waals surface area contributed by atoms with Gasteiger partial charge in [0, 0.05) is 25.3 Å². The fourth-order valence-electron chi connectivity index (χ4n) is 3.41. The van der Waals surface area contributed by atoms with Crippen LogP contribution in [0.5, 0.6) is 0 Å². The number of rotatable bonds is 5. The Morgan fingerprint density at radius 2 is 1.90 bits per heavy atom. The van der Waals surface area contributed by atoms with Crippen LogP contribution in [0.4, 0.5) is 24.7 Å². The van der Waals surface area contributed by atoms with Crippen LogP contribution in [0.2, 0.25) is 5.02 Å². The number of halogens is 4. The first kappa shape index (κ1) is 21.7. The Morgan fingerprint density at radius 1 is 1.23 bits per heavy atom. The lowest BCUT2D eigenvalue weighted by molar-refractivity contribution is -0.137. The van der Waals surface area contributed by atoms with Gasteiger partial charge >= 0.3 is 6.18 Å².